The molecule has 0 saturated carbocycles. The third-order valence-electron chi connectivity index (χ3n) is 14.8. The van der Waals surface area contributed by atoms with Crippen LogP contribution < -0.4 is 0 Å². The predicted molar refractivity (Wildman–Crippen MR) is 304 cm³/mol. The Bertz CT molecular complexity index is 1360. The maximum absolute atomic E-state index is 13.2. The van der Waals surface area contributed by atoms with Gasteiger partial charge < -0.3 is 39.0 Å². The van der Waals surface area contributed by atoms with E-state index < -0.39 is 67.3 Å². The number of carboxylic acids is 1. The fourth-order valence-electron chi connectivity index (χ4n) is 9.95. The van der Waals surface area contributed by atoms with Crippen LogP contribution in [0.4, 0.5) is 0 Å². The average Bonchev–Trinajstić information content (AvgIpc) is 3.39. The van der Waals surface area contributed by atoms with Gasteiger partial charge in [-0.3, -0.25) is 14.4 Å². The van der Waals surface area contributed by atoms with Crippen molar-refractivity contribution in [1.82, 2.24) is 0 Å². The van der Waals surface area contributed by atoms with Crippen molar-refractivity contribution in [2.24, 2.45) is 0 Å². The number of aliphatic hydroxyl groups is 2. The van der Waals surface area contributed by atoms with E-state index in [0.29, 0.717) is 19.3 Å². The Hall–Kier alpha value is -2.54. The van der Waals surface area contributed by atoms with Crippen LogP contribution in [0, 0.1) is 0 Å². The van der Waals surface area contributed by atoms with Crippen LogP contribution >= 0.6 is 0 Å². The first kappa shape index (κ1) is 70.5. The van der Waals surface area contributed by atoms with Gasteiger partial charge in [-0.15, -0.1) is 0 Å². The van der Waals surface area contributed by atoms with E-state index in [4.69, 9.17) is 23.7 Å². The summed E-state index contributed by atoms with van der Waals surface area (Å²) in [6.07, 6.45) is 46.1. The minimum absolute atomic E-state index is 0.0565. The molecule has 12 heteroatoms. The zero-order valence-corrected chi connectivity index (χ0v) is 48.6. The van der Waals surface area contributed by atoms with Crippen molar-refractivity contribution < 1.29 is 58.2 Å². The smallest absolute Gasteiger partial charge is 0.335 e. The topological polar surface area (TPSA) is 175 Å². The van der Waals surface area contributed by atoms with Crippen LogP contribution in [0.15, 0.2) is 12.2 Å². The number of ether oxygens (including phenoxy) is 5. The number of hydrogen-bond acceptors (Lipinski definition) is 11. The molecule has 1 rings (SSSR count). The summed E-state index contributed by atoms with van der Waals surface area (Å²) in [6, 6.07) is 0. The van der Waals surface area contributed by atoms with Crippen molar-refractivity contribution in [3.63, 3.8) is 0 Å². The number of esters is 3. The Morgan fingerprint density at radius 2 is 0.760 bits per heavy atom. The highest BCUT2D eigenvalue weighted by Crippen LogP contribution is 2.27. The zero-order chi connectivity index (χ0) is 54.7. The lowest BCUT2D eigenvalue weighted by molar-refractivity contribution is -0.301. The van der Waals surface area contributed by atoms with Crippen molar-refractivity contribution >= 4 is 23.9 Å². The lowest BCUT2D eigenvalue weighted by atomic mass is 9.98. The fraction of sp³-hybridized carbons (Fsp3) is 0.905. The van der Waals surface area contributed by atoms with E-state index >= 15 is 0 Å². The number of hydrogen-bond donors (Lipinski definition) is 3. The van der Waals surface area contributed by atoms with Gasteiger partial charge in [0.1, 0.15) is 18.8 Å². The summed E-state index contributed by atoms with van der Waals surface area (Å²) in [5.41, 5.74) is 0. The number of allylic oxidation sites excluding steroid dienone is 2. The molecule has 1 aliphatic heterocycles. The Morgan fingerprint density at radius 1 is 0.427 bits per heavy atom. The predicted octanol–water partition coefficient (Wildman–Crippen LogP) is 16.5. The molecule has 0 aromatic heterocycles. The SMILES string of the molecule is CCCCCC/C=C\CCCCCCCC(=O)OC1C(OCC(COC(=O)CCCCCCCCCCCCCCCCCCCCC)OC(=O)CCCCCCCCCCCCCCC)OC(C(=O)O)C(O)C1O. The van der Waals surface area contributed by atoms with E-state index in [9.17, 15) is 34.5 Å². The molecule has 1 fully saturated rings. The second kappa shape index (κ2) is 52.2. The molecule has 0 aromatic carbocycles. The van der Waals surface area contributed by atoms with E-state index in [2.05, 4.69) is 32.9 Å². The zero-order valence-electron chi connectivity index (χ0n) is 48.6. The highest BCUT2D eigenvalue weighted by atomic mass is 16.7. The van der Waals surface area contributed by atoms with Crippen LogP contribution in [-0.2, 0) is 42.9 Å². The summed E-state index contributed by atoms with van der Waals surface area (Å²) in [7, 11) is 0. The summed E-state index contributed by atoms with van der Waals surface area (Å²) < 4.78 is 28.5. The standard InChI is InChI=1S/C63H116O12/c1-4-7-10-13-16-19-22-25-26-27-28-29-30-33-34-37-40-43-46-49-55(64)71-52-54(73-56(65)50-47-44-41-38-35-31-23-20-17-14-11-8-5-2)53-72-63-61(59(68)58(67)60(75-63)62(69)70)74-57(66)51-48-45-42-39-36-32-24-21-18-15-12-9-6-3/h21,24,54,58-61,63,67-68H,4-20,22-23,25-53H2,1-3H3,(H,69,70)/b24-21-. The molecule has 1 aliphatic rings. The van der Waals surface area contributed by atoms with E-state index in [0.717, 1.165) is 77.0 Å². The van der Waals surface area contributed by atoms with Gasteiger partial charge in [-0.25, -0.2) is 4.79 Å². The first-order valence-electron chi connectivity index (χ1n) is 31.7. The lowest BCUT2D eigenvalue weighted by Crippen LogP contribution is -2.61. The first-order chi connectivity index (χ1) is 36.6. The molecule has 75 heavy (non-hydrogen) atoms. The van der Waals surface area contributed by atoms with Crippen molar-refractivity contribution in [3.8, 4) is 0 Å². The number of aliphatic carboxylic acids is 1. The maximum Gasteiger partial charge on any atom is 0.335 e. The largest absolute Gasteiger partial charge is 0.479 e. The lowest BCUT2D eigenvalue weighted by Gasteiger charge is -2.40. The number of carboxylic acid groups (broad SMARTS) is 1. The number of carbonyl (C=O) groups excluding carboxylic acids is 3. The highest BCUT2D eigenvalue weighted by molar-refractivity contribution is 5.74. The quantitative estimate of drug-likeness (QED) is 0.0228. The summed E-state index contributed by atoms with van der Waals surface area (Å²) in [6.45, 7) is 6.02. The minimum atomic E-state index is -1.90. The highest BCUT2D eigenvalue weighted by Gasteiger charge is 2.50. The number of unbranched alkanes of at least 4 members (excludes halogenated alkanes) is 39. The van der Waals surface area contributed by atoms with Gasteiger partial charge >= 0.3 is 23.9 Å². The molecule has 0 radical (unpaired) electrons. The maximum atomic E-state index is 13.2. The molecule has 0 aromatic rings. The van der Waals surface area contributed by atoms with Crippen molar-refractivity contribution in [2.75, 3.05) is 13.2 Å². The van der Waals surface area contributed by atoms with Gasteiger partial charge in [-0.1, -0.05) is 264 Å². The van der Waals surface area contributed by atoms with E-state index in [-0.39, 0.29) is 25.9 Å². The Morgan fingerprint density at radius 3 is 1.15 bits per heavy atom. The average molecular weight is 1070 g/mol. The second-order valence-corrected chi connectivity index (χ2v) is 22.1. The van der Waals surface area contributed by atoms with Crippen molar-refractivity contribution in [3.05, 3.63) is 12.2 Å². The minimum Gasteiger partial charge on any atom is -0.479 e. The molecule has 0 spiro atoms. The van der Waals surface area contributed by atoms with Gasteiger partial charge in [0.15, 0.2) is 24.6 Å². The number of carbonyl (C=O) groups is 4. The van der Waals surface area contributed by atoms with Crippen LogP contribution in [0.3, 0.4) is 0 Å². The van der Waals surface area contributed by atoms with Crippen LogP contribution in [0.1, 0.15) is 316 Å². The van der Waals surface area contributed by atoms with Crippen molar-refractivity contribution in [2.45, 2.75) is 353 Å². The molecule has 1 heterocycles. The molecular formula is C63H116O12. The fourth-order valence-corrected chi connectivity index (χ4v) is 9.95. The summed E-state index contributed by atoms with van der Waals surface area (Å²) in [5, 5.41) is 31.5. The third kappa shape index (κ3) is 42.1. The third-order valence-corrected chi connectivity index (χ3v) is 14.8. The van der Waals surface area contributed by atoms with Gasteiger partial charge in [-0.2, -0.15) is 0 Å². The van der Waals surface area contributed by atoms with Gasteiger partial charge in [0.05, 0.1) is 6.61 Å². The Kier molecular flexibility index (Phi) is 49.0. The van der Waals surface area contributed by atoms with E-state index in [1.807, 2.05) is 0 Å². The summed E-state index contributed by atoms with van der Waals surface area (Å²) in [5.74, 6) is -3.09. The number of rotatable bonds is 55. The van der Waals surface area contributed by atoms with Crippen molar-refractivity contribution in [1.29, 1.82) is 0 Å². The Balaban J connectivity index is 2.63. The molecule has 440 valence electrons. The van der Waals surface area contributed by atoms with Crippen LogP contribution in [0.25, 0.3) is 0 Å². The number of aliphatic hydroxyl groups excluding tert-OH is 2. The van der Waals surface area contributed by atoms with E-state index in [1.165, 1.54) is 180 Å². The first-order valence-corrected chi connectivity index (χ1v) is 31.7. The van der Waals surface area contributed by atoms with Crippen LogP contribution in [-0.4, -0.2) is 89.2 Å². The van der Waals surface area contributed by atoms with E-state index in [1.54, 1.807) is 0 Å². The van der Waals surface area contributed by atoms with Gasteiger partial charge in [-0.05, 0) is 44.9 Å². The van der Waals surface area contributed by atoms with Gasteiger partial charge in [0, 0.05) is 19.3 Å². The van der Waals surface area contributed by atoms with Crippen LogP contribution in [0.2, 0.25) is 0 Å². The molecule has 6 unspecified atom stereocenters. The monoisotopic (exact) mass is 1060 g/mol. The molecule has 12 nitrogen and oxygen atoms in total. The normalized spacial score (nSPS) is 18.1. The van der Waals surface area contributed by atoms with Gasteiger partial charge in [0.25, 0.3) is 0 Å². The molecule has 0 amide bonds. The molecule has 0 bridgehead atoms. The molecular weight excluding hydrogens is 949 g/mol. The van der Waals surface area contributed by atoms with Gasteiger partial charge in [0.2, 0.25) is 0 Å². The van der Waals surface area contributed by atoms with Crippen LogP contribution in [0.5, 0.6) is 0 Å². The second-order valence-electron chi connectivity index (χ2n) is 22.1. The molecule has 3 N–H and O–H groups in total. The molecule has 0 aliphatic carbocycles. The molecule has 1 saturated heterocycles. The summed E-state index contributed by atoms with van der Waals surface area (Å²) in [4.78, 5) is 51.2. The molecule has 6 atom stereocenters. The Labute approximate surface area is 458 Å². The summed E-state index contributed by atoms with van der Waals surface area (Å²) >= 11 is 0.